The molecule has 40 heavy (non-hydrogen) atoms. The van der Waals surface area contributed by atoms with Crippen LogP contribution < -0.4 is 28.7 Å². The van der Waals surface area contributed by atoms with Gasteiger partial charge in [-0.05, 0) is 48.0 Å². The van der Waals surface area contributed by atoms with Crippen LogP contribution in [0.5, 0.6) is 23.0 Å². The first-order valence-corrected chi connectivity index (χ1v) is 12.8. The lowest BCUT2D eigenvalue weighted by Crippen LogP contribution is -2.48. The molecule has 1 atom stereocenters. The quantitative estimate of drug-likeness (QED) is 0.213. The van der Waals surface area contributed by atoms with Gasteiger partial charge in [-0.1, -0.05) is 6.07 Å². The second-order valence-electron chi connectivity index (χ2n) is 9.51. The van der Waals surface area contributed by atoms with Gasteiger partial charge in [-0.25, -0.2) is 0 Å². The van der Waals surface area contributed by atoms with Crippen LogP contribution in [0.1, 0.15) is 27.9 Å². The number of hydrogen-bond acceptors (Lipinski definition) is 5. The zero-order valence-corrected chi connectivity index (χ0v) is 23.4. The van der Waals surface area contributed by atoms with Crippen molar-refractivity contribution in [3.8, 4) is 23.0 Å². The van der Waals surface area contributed by atoms with Gasteiger partial charge in [0, 0.05) is 37.1 Å². The van der Waals surface area contributed by atoms with Crippen molar-refractivity contribution in [3.05, 3.63) is 77.4 Å². The van der Waals surface area contributed by atoms with Gasteiger partial charge in [-0.3, -0.25) is 9.28 Å². The fraction of sp³-hybridized carbons (Fsp3) is 0.367. The maximum Gasteiger partial charge on any atom is 0.416 e. The third kappa shape index (κ3) is 7.59. The highest BCUT2D eigenvalue weighted by Gasteiger charge is 2.30. The van der Waals surface area contributed by atoms with Gasteiger partial charge in [0.05, 0.1) is 54.1 Å². The fourth-order valence-electron chi connectivity index (χ4n) is 4.49. The summed E-state index contributed by atoms with van der Waals surface area (Å²) in [6.07, 6.45) is -3.08. The van der Waals surface area contributed by atoms with Crippen LogP contribution in [0.4, 0.5) is 18.9 Å². The largest absolute Gasteiger partial charge is 0.493 e. The van der Waals surface area contributed by atoms with Gasteiger partial charge in [0.15, 0.2) is 23.0 Å². The molecule has 0 heterocycles. The summed E-state index contributed by atoms with van der Waals surface area (Å²) in [6.45, 7) is 1.77. The molecular formula is C30H36F3N2O5+. The third-order valence-electron chi connectivity index (χ3n) is 6.92. The number of hydrogen-bond donors (Lipinski definition) is 1. The van der Waals surface area contributed by atoms with Crippen molar-refractivity contribution in [2.45, 2.75) is 19.0 Å². The number of methoxy groups -OCH3 is 4. The molecule has 0 aromatic heterocycles. The summed E-state index contributed by atoms with van der Waals surface area (Å²) < 4.78 is 60.8. The van der Waals surface area contributed by atoms with E-state index < -0.39 is 17.6 Å². The highest BCUT2D eigenvalue weighted by Crippen LogP contribution is 2.35. The van der Waals surface area contributed by atoms with E-state index in [2.05, 4.69) is 12.4 Å². The molecule has 0 spiro atoms. The van der Waals surface area contributed by atoms with Crippen LogP contribution >= 0.6 is 0 Å². The second kappa shape index (κ2) is 13.4. The summed E-state index contributed by atoms with van der Waals surface area (Å²) in [5.74, 6) is 2.14. The molecule has 0 saturated carbocycles. The van der Waals surface area contributed by atoms with E-state index in [1.165, 1.54) is 12.1 Å². The van der Waals surface area contributed by atoms with E-state index in [4.69, 9.17) is 18.9 Å². The van der Waals surface area contributed by atoms with Crippen molar-refractivity contribution in [2.75, 3.05) is 55.1 Å². The first-order chi connectivity index (χ1) is 19.0. The predicted molar refractivity (Wildman–Crippen MR) is 149 cm³/mol. The number of rotatable bonds is 13. The topological polar surface area (TPSA) is 66.0 Å². The maximum absolute atomic E-state index is 12.8. The first kappa shape index (κ1) is 30.6. The van der Waals surface area contributed by atoms with Crippen LogP contribution in [0.15, 0.2) is 60.7 Å². The molecule has 3 rings (SSSR count). The molecule has 3 aromatic carbocycles. The average Bonchev–Trinajstić information content (AvgIpc) is 2.97. The van der Waals surface area contributed by atoms with Crippen molar-refractivity contribution < 1.29 is 36.9 Å². The van der Waals surface area contributed by atoms with Crippen molar-refractivity contribution in [3.63, 3.8) is 0 Å². The van der Waals surface area contributed by atoms with Crippen molar-refractivity contribution in [1.29, 1.82) is 0 Å². The van der Waals surface area contributed by atoms with E-state index in [0.29, 0.717) is 47.0 Å². The van der Waals surface area contributed by atoms with Gasteiger partial charge in [0.1, 0.15) is 5.69 Å². The highest BCUT2D eigenvalue weighted by atomic mass is 19.4. The summed E-state index contributed by atoms with van der Waals surface area (Å²) in [5, 5.41) is 2.82. The predicted octanol–water partition coefficient (Wildman–Crippen LogP) is 5.74. The fourth-order valence-corrected chi connectivity index (χ4v) is 4.49. The molecular weight excluding hydrogens is 525 g/mol. The van der Waals surface area contributed by atoms with Crippen LogP contribution in [-0.2, 0) is 12.6 Å². The van der Waals surface area contributed by atoms with Gasteiger partial charge in [0.2, 0.25) is 0 Å². The molecule has 0 aliphatic rings. The van der Waals surface area contributed by atoms with Crippen molar-refractivity contribution in [2.24, 2.45) is 0 Å². The number of alkyl halides is 3. The van der Waals surface area contributed by atoms with Crippen LogP contribution in [0, 0.1) is 0 Å². The molecule has 0 aliphatic heterocycles. The molecule has 10 heteroatoms. The maximum atomic E-state index is 12.8. The molecule has 3 aromatic rings. The highest BCUT2D eigenvalue weighted by molar-refractivity contribution is 5.94. The van der Waals surface area contributed by atoms with Gasteiger partial charge in [0.25, 0.3) is 5.91 Å². The zero-order valence-electron chi connectivity index (χ0n) is 23.4. The van der Waals surface area contributed by atoms with Gasteiger partial charge < -0.3 is 24.3 Å². The number of halogens is 3. The number of carbonyl (C=O) groups is 1. The van der Waals surface area contributed by atoms with E-state index in [1.54, 1.807) is 28.4 Å². The number of quaternary nitrogens is 1. The smallest absolute Gasteiger partial charge is 0.416 e. The van der Waals surface area contributed by atoms with Crippen LogP contribution in [0.3, 0.4) is 0 Å². The number of benzene rings is 3. The Morgan fingerprint density at radius 3 is 1.93 bits per heavy atom. The lowest BCUT2D eigenvalue weighted by atomic mass is 10.1. The Kier molecular flexibility index (Phi) is 10.3. The lowest BCUT2D eigenvalue weighted by Gasteiger charge is -2.35. The molecule has 0 saturated heterocycles. The monoisotopic (exact) mass is 561 g/mol. The lowest BCUT2D eigenvalue weighted by molar-refractivity contribution is -0.137. The normalized spacial score (nSPS) is 12.8. The third-order valence-corrected chi connectivity index (χ3v) is 6.92. The molecule has 0 radical (unpaired) electrons. The molecule has 7 nitrogen and oxygen atoms in total. The number of carbonyl (C=O) groups excluding carboxylic acids is 1. The summed E-state index contributed by atoms with van der Waals surface area (Å²) in [7, 11) is 8.48. The van der Waals surface area contributed by atoms with E-state index in [-0.39, 0.29) is 5.56 Å². The minimum atomic E-state index is -4.45. The van der Waals surface area contributed by atoms with E-state index >= 15 is 0 Å². The summed E-state index contributed by atoms with van der Waals surface area (Å²) in [6, 6.07) is 15.9. The molecule has 1 N–H and O–H groups in total. The number of amides is 1. The first-order valence-electron chi connectivity index (χ1n) is 12.8. The van der Waals surface area contributed by atoms with Crippen molar-refractivity contribution in [1.82, 2.24) is 9.80 Å². The molecule has 0 fully saturated rings. The summed E-state index contributed by atoms with van der Waals surface area (Å²) in [5.41, 5.74) is 1.48. The number of likely N-dealkylation sites (N-methyl/N-ethyl adjacent to an activating group) is 1. The Morgan fingerprint density at radius 2 is 1.35 bits per heavy atom. The number of ether oxygens (including phenoxy) is 4. The Morgan fingerprint density at radius 1 is 0.775 bits per heavy atom. The van der Waals surface area contributed by atoms with Gasteiger partial charge >= 0.3 is 6.18 Å². The van der Waals surface area contributed by atoms with Crippen LogP contribution in [-0.4, -0.2) is 61.0 Å². The SMILES string of the molecule is COc1ccc(CC[N+](C)(CCCNC(=O)c2ccc(C(F)(F)F)cc2)c2ccc(OC)c(OC)c2)cc1OC. The van der Waals surface area contributed by atoms with E-state index in [0.717, 1.165) is 36.3 Å². The van der Waals surface area contributed by atoms with E-state index in [1.807, 2.05) is 36.4 Å². The minimum absolute atomic E-state index is 0.179. The molecule has 216 valence electrons. The zero-order chi connectivity index (χ0) is 29.3. The summed E-state index contributed by atoms with van der Waals surface area (Å²) in [4.78, 5) is 12.5. The van der Waals surface area contributed by atoms with Crippen LogP contribution in [0.2, 0.25) is 0 Å². The standard InChI is InChI=1S/C30H35F3N2O5/c1-35(24-12-14-26(38-3)28(20-24)40-5,18-15-21-7-13-25(37-2)27(19-21)39-4)17-6-16-34-29(36)22-8-10-23(11-9-22)30(31,32)33/h7-14,19-20H,6,15-18H2,1-5H3/p+1. The Bertz CT molecular complexity index is 1280. The molecule has 1 amide bonds. The van der Waals surface area contributed by atoms with Gasteiger partial charge in [-0.15, -0.1) is 0 Å². The Hall–Kier alpha value is -3.92. The number of nitrogens with one attached hydrogen (secondary N) is 1. The molecule has 0 aliphatic carbocycles. The molecule has 1 unspecified atom stereocenters. The van der Waals surface area contributed by atoms with Crippen molar-refractivity contribution >= 4 is 11.6 Å². The molecule has 0 bridgehead atoms. The van der Waals surface area contributed by atoms with Crippen LogP contribution in [0.25, 0.3) is 0 Å². The minimum Gasteiger partial charge on any atom is -0.493 e. The Labute approximate surface area is 233 Å². The average molecular weight is 562 g/mol. The van der Waals surface area contributed by atoms with Gasteiger partial charge in [-0.2, -0.15) is 13.2 Å². The summed E-state index contributed by atoms with van der Waals surface area (Å²) >= 11 is 0. The second-order valence-corrected chi connectivity index (χ2v) is 9.51. The number of nitrogens with zero attached hydrogens (tertiary/aromatic N) is 1. The van der Waals surface area contributed by atoms with E-state index in [9.17, 15) is 18.0 Å². The Balaban J connectivity index is 1.73.